The molecule has 0 aromatic rings. The fourth-order valence-electron chi connectivity index (χ4n) is 0.486. The van der Waals surface area contributed by atoms with Crippen LogP contribution >= 0.6 is 11.8 Å². The van der Waals surface area contributed by atoms with Crippen molar-refractivity contribution in [1.29, 1.82) is 0 Å². The summed E-state index contributed by atoms with van der Waals surface area (Å²) in [6.45, 7) is 3.26. The smallest absolute Gasteiger partial charge is 0.0193 e. The second-order valence-electron chi connectivity index (χ2n) is 2.00. The lowest BCUT2D eigenvalue weighted by Gasteiger charge is -2.10. The van der Waals surface area contributed by atoms with E-state index in [4.69, 9.17) is 0 Å². The van der Waals surface area contributed by atoms with E-state index in [1.807, 2.05) is 30.9 Å². The van der Waals surface area contributed by atoms with Crippen LogP contribution in [0.1, 0.15) is 6.92 Å². The van der Waals surface area contributed by atoms with Gasteiger partial charge in [0.15, 0.2) is 0 Å². The van der Waals surface area contributed by atoms with E-state index in [1.54, 1.807) is 0 Å². The van der Waals surface area contributed by atoms with Crippen LogP contribution in [0, 0.1) is 0 Å². The van der Waals surface area contributed by atoms with Crippen molar-refractivity contribution in [3.8, 4) is 0 Å². The van der Waals surface area contributed by atoms with Crippen molar-refractivity contribution >= 4 is 11.8 Å². The van der Waals surface area contributed by atoms with Crippen molar-refractivity contribution in [1.82, 2.24) is 10.4 Å². The summed E-state index contributed by atoms with van der Waals surface area (Å²) in [5.41, 5.74) is 3.19. The van der Waals surface area contributed by atoms with Gasteiger partial charge < -0.3 is 0 Å². The summed E-state index contributed by atoms with van der Waals surface area (Å²) in [5, 5.41) is 1.98. The van der Waals surface area contributed by atoms with Gasteiger partial charge in [-0.05, 0) is 5.75 Å². The molecule has 1 N–H and O–H groups in total. The molecule has 2 nitrogen and oxygen atoms in total. The standard InChI is InChI=1S/C6H16N2S/c1-4-9-6-5-7-8(2)3/h7H,4-6H2,1-3H3. The second-order valence-corrected chi connectivity index (χ2v) is 3.39. The molecular weight excluding hydrogens is 132 g/mol. The summed E-state index contributed by atoms with van der Waals surface area (Å²) in [6.07, 6.45) is 0. The molecule has 3 heteroatoms. The predicted molar refractivity (Wildman–Crippen MR) is 44.7 cm³/mol. The number of rotatable bonds is 5. The molecule has 0 saturated heterocycles. The molecule has 0 heterocycles. The molecular formula is C6H16N2S. The molecule has 0 bridgehead atoms. The van der Waals surface area contributed by atoms with E-state index < -0.39 is 0 Å². The molecule has 0 spiro atoms. The molecule has 0 aliphatic heterocycles. The third kappa shape index (κ3) is 8.27. The Labute approximate surface area is 62.0 Å². The van der Waals surface area contributed by atoms with Crippen molar-refractivity contribution < 1.29 is 0 Å². The van der Waals surface area contributed by atoms with Gasteiger partial charge in [0.2, 0.25) is 0 Å². The zero-order chi connectivity index (χ0) is 7.11. The summed E-state index contributed by atoms with van der Waals surface area (Å²) in [5.74, 6) is 2.42. The summed E-state index contributed by atoms with van der Waals surface area (Å²) >= 11 is 1.96. The largest absolute Gasteiger partial charge is 0.255 e. The van der Waals surface area contributed by atoms with Crippen LogP contribution in [0.5, 0.6) is 0 Å². The Kier molecular flexibility index (Phi) is 6.58. The number of nitrogens with zero attached hydrogens (tertiary/aromatic N) is 1. The van der Waals surface area contributed by atoms with Crippen molar-refractivity contribution in [3.63, 3.8) is 0 Å². The monoisotopic (exact) mass is 148 g/mol. The second kappa shape index (κ2) is 6.39. The number of thioether (sulfide) groups is 1. The first-order valence-electron chi connectivity index (χ1n) is 3.26. The minimum atomic E-state index is 1.07. The Bertz CT molecular complexity index is 57.0. The molecule has 0 saturated carbocycles. The average molecular weight is 148 g/mol. The first-order chi connectivity index (χ1) is 4.27. The van der Waals surface area contributed by atoms with E-state index in [-0.39, 0.29) is 0 Å². The van der Waals surface area contributed by atoms with Gasteiger partial charge in [0, 0.05) is 26.4 Å². The van der Waals surface area contributed by atoms with Crippen LogP contribution in [0.25, 0.3) is 0 Å². The summed E-state index contributed by atoms with van der Waals surface area (Å²) in [4.78, 5) is 0. The fourth-order valence-corrected chi connectivity index (χ4v) is 1.01. The molecule has 0 rings (SSSR count). The van der Waals surface area contributed by atoms with Crippen LogP contribution in [0.15, 0.2) is 0 Å². The van der Waals surface area contributed by atoms with Crippen LogP contribution in [-0.2, 0) is 0 Å². The maximum Gasteiger partial charge on any atom is 0.0193 e. The Morgan fingerprint density at radius 2 is 2.11 bits per heavy atom. The first kappa shape index (κ1) is 9.27. The van der Waals surface area contributed by atoms with Crippen molar-refractivity contribution in [2.24, 2.45) is 0 Å². The maximum absolute atomic E-state index is 3.19. The molecule has 0 aromatic carbocycles. The van der Waals surface area contributed by atoms with Crippen LogP contribution in [0.4, 0.5) is 0 Å². The number of hydrogen-bond acceptors (Lipinski definition) is 3. The molecule has 0 aliphatic rings. The first-order valence-corrected chi connectivity index (χ1v) is 4.41. The van der Waals surface area contributed by atoms with Crippen LogP contribution in [-0.4, -0.2) is 37.2 Å². The topological polar surface area (TPSA) is 15.3 Å². The number of nitrogens with one attached hydrogen (secondary N) is 1. The third-order valence-electron chi connectivity index (χ3n) is 0.879. The maximum atomic E-state index is 3.19. The Balaban J connectivity index is 2.75. The lowest BCUT2D eigenvalue weighted by Crippen LogP contribution is -2.32. The molecule has 0 aromatic heterocycles. The normalized spacial score (nSPS) is 10.7. The van der Waals surface area contributed by atoms with Crippen LogP contribution in [0.3, 0.4) is 0 Å². The van der Waals surface area contributed by atoms with Gasteiger partial charge in [-0.3, -0.25) is 10.4 Å². The van der Waals surface area contributed by atoms with Gasteiger partial charge in [-0.25, -0.2) is 0 Å². The van der Waals surface area contributed by atoms with Gasteiger partial charge in [0.05, 0.1) is 0 Å². The lowest BCUT2D eigenvalue weighted by molar-refractivity contribution is 0.300. The zero-order valence-corrected chi connectivity index (χ0v) is 7.29. The molecule has 9 heavy (non-hydrogen) atoms. The number of hydrogen-bond donors (Lipinski definition) is 1. The van der Waals surface area contributed by atoms with Crippen molar-refractivity contribution in [2.45, 2.75) is 6.92 Å². The van der Waals surface area contributed by atoms with Gasteiger partial charge in [-0.1, -0.05) is 6.92 Å². The van der Waals surface area contributed by atoms with Crippen molar-refractivity contribution in [3.05, 3.63) is 0 Å². The minimum absolute atomic E-state index is 1.07. The molecule has 0 radical (unpaired) electrons. The third-order valence-corrected chi connectivity index (χ3v) is 1.78. The van der Waals surface area contributed by atoms with Crippen molar-refractivity contribution in [2.75, 3.05) is 32.1 Å². The van der Waals surface area contributed by atoms with Gasteiger partial charge in [0.1, 0.15) is 0 Å². The highest BCUT2D eigenvalue weighted by atomic mass is 32.2. The van der Waals surface area contributed by atoms with Crippen LogP contribution < -0.4 is 5.43 Å². The number of hydrazine groups is 1. The van der Waals surface area contributed by atoms with E-state index in [0.717, 1.165) is 6.54 Å². The zero-order valence-electron chi connectivity index (χ0n) is 6.48. The van der Waals surface area contributed by atoms with E-state index in [0.29, 0.717) is 0 Å². The van der Waals surface area contributed by atoms with Gasteiger partial charge in [-0.15, -0.1) is 0 Å². The van der Waals surface area contributed by atoms with E-state index in [2.05, 4.69) is 12.3 Å². The van der Waals surface area contributed by atoms with Gasteiger partial charge in [-0.2, -0.15) is 11.8 Å². The molecule has 0 amide bonds. The lowest BCUT2D eigenvalue weighted by atomic mass is 10.8. The van der Waals surface area contributed by atoms with E-state index >= 15 is 0 Å². The predicted octanol–water partition coefficient (Wildman–Crippen LogP) is 0.806. The fraction of sp³-hybridized carbons (Fsp3) is 1.00. The van der Waals surface area contributed by atoms with E-state index in [9.17, 15) is 0 Å². The van der Waals surface area contributed by atoms with E-state index in [1.165, 1.54) is 11.5 Å². The highest BCUT2D eigenvalue weighted by Crippen LogP contribution is 1.94. The Morgan fingerprint density at radius 1 is 1.44 bits per heavy atom. The average Bonchev–Trinajstić information content (AvgIpc) is 1.80. The Hall–Kier alpha value is 0.270. The minimum Gasteiger partial charge on any atom is -0.255 e. The van der Waals surface area contributed by atoms with Crippen LogP contribution in [0.2, 0.25) is 0 Å². The quantitative estimate of drug-likeness (QED) is 0.459. The van der Waals surface area contributed by atoms with Gasteiger partial charge in [0.25, 0.3) is 0 Å². The molecule has 56 valence electrons. The van der Waals surface area contributed by atoms with Gasteiger partial charge >= 0.3 is 0 Å². The molecule has 0 fully saturated rings. The highest BCUT2D eigenvalue weighted by molar-refractivity contribution is 7.99. The highest BCUT2D eigenvalue weighted by Gasteiger charge is 1.86. The molecule has 0 aliphatic carbocycles. The summed E-state index contributed by atoms with van der Waals surface area (Å²) in [6, 6.07) is 0. The molecule has 0 atom stereocenters. The Morgan fingerprint density at radius 3 is 2.56 bits per heavy atom. The SMILES string of the molecule is CCSCCNN(C)C. The molecule has 0 unspecified atom stereocenters. The summed E-state index contributed by atoms with van der Waals surface area (Å²) in [7, 11) is 4.02. The summed E-state index contributed by atoms with van der Waals surface area (Å²) < 4.78 is 0.